The van der Waals surface area contributed by atoms with Gasteiger partial charge in [0.05, 0.1) is 16.5 Å². The number of pyridine rings is 1. The number of halogens is 3. The van der Waals surface area contributed by atoms with E-state index >= 15 is 0 Å². The lowest BCUT2D eigenvalue weighted by molar-refractivity contribution is -0.113. The van der Waals surface area contributed by atoms with Crippen LogP contribution in [0.15, 0.2) is 54.3 Å². The van der Waals surface area contributed by atoms with Crippen molar-refractivity contribution in [2.45, 2.75) is 24.7 Å². The van der Waals surface area contributed by atoms with Crippen LogP contribution < -0.4 is 10.1 Å². The van der Waals surface area contributed by atoms with E-state index in [9.17, 15) is 4.79 Å². The number of rotatable bonds is 9. The number of aromatic nitrogens is 4. The summed E-state index contributed by atoms with van der Waals surface area (Å²) >= 11 is 19.4. The minimum Gasteiger partial charge on any atom is -0.481 e. The largest absolute Gasteiger partial charge is 0.481 e. The lowest BCUT2D eigenvalue weighted by atomic mass is 10.3. The van der Waals surface area contributed by atoms with Gasteiger partial charge in [-0.25, -0.2) is 4.98 Å². The quantitative estimate of drug-likeness (QED) is 0.232. The summed E-state index contributed by atoms with van der Waals surface area (Å²) < 4.78 is 7.77. The van der Waals surface area contributed by atoms with Crippen molar-refractivity contribution in [3.63, 3.8) is 0 Å². The smallest absolute Gasteiger partial charge is 0.234 e. The molecule has 7 nitrogen and oxygen atoms in total. The molecule has 2 heterocycles. The summed E-state index contributed by atoms with van der Waals surface area (Å²) in [5.74, 6) is 0.867. The van der Waals surface area contributed by atoms with Gasteiger partial charge in [-0.05, 0) is 31.2 Å². The molecular formula is C20H18Cl3N5O2S. The number of hydrogen-bond acceptors (Lipinski definition) is 6. The molecular weight excluding hydrogens is 481 g/mol. The summed E-state index contributed by atoms with van der Waals surface area (Å²) in [6.07, 6.45) is 2.79. The average molecular weight is 499 g/mol. The van der Waals surface area contributed by atoms with Crippen molar-refractivity contribution in [1.82, 2.24) is 19.7 Å². The Balaban J connectivity index is 1.70. The minimum absolute atomic E-state index is 0.107. The molecule has 3 rings (SSSR count). The average Bonchev–Trinajstić information content (AvgIpc) is 3.14. The van der Waals surface area contributed by atoms with Crippen molar-refractivity contribution in [2.75, 3.05) is 11.1 Å². The van der Waals surface area contributed by atoms with Crippen LogP contribution in [0.25, 0.3) is 0 Å². The molecule has 0 spiro atoms. The Hall–Kier alpha value is -2.26. The van der Waals surface area contributed by atoms with Gasteiger partial charge < -0.3 is 10.1 Å². The van der Waals surface area contributed by atoms with Crippen LogP contribution in [0.2, 0.25) is 15.2 Å². The van der Waals surface area contributed by atoms with Crippen molar-refractivity contribution in [3.8, 4) is 5.75 Å². The van der Waals surface area contributed by atoms with E-state index in [1.165, 1.54) is 11.8 Å². The van der Waals surface area contributed by atoms with E-state index in [4.69, 9.17) is 39.5 Å². The van der Waals surface area contributed by atoms with Gasteiger partial charge >= 0.3 is 0 Å². The van der Waals surface area contributed by atoms with E-state index in [0.717, 1.165) is 0 Å². The molecule has 0 aliphatic rings. The third-order valence-corrected chi connectivity index (χ3v) is 5.80. The Morgan fingerprint density at radius 2 is 2.13 bits per heavy atom. The van der Waals surface area contributed by atoms with Crippen molar-refractivity contribution < 1.29 is 9.53 Å². The van der Waals surface area contributed by atoms with Crippen LogP contribution in [0.4, 0.5) is 5.69 Å². The number of benzene rings is 1. The number of amides is 1. The molecule has 162 valence electrons. The van der Waals surface area contributed by atoms with Crippen LogP contribution in [0.3, 0.4) is 0 Å². The van der Waals surface area contributed by atoms with Gasteiger partial charge in [-0.3, -0.25) is 9.36 Å². The van der Waals surface area contributed by atoms with Crippen LogP contribution in [0.5, 0.6) is 5.75 Å². The molecule has 0 saturated heterocycles. The highest BCUT2D eigenvalue weighted by atomic mass is 35.5. The Morgan fingerprint density at radius 3 is 2.87 bits per heavy atom. The van der Waals surface area contributed by atoms with Crippen molar-refractivity contribution in [2.24, 2.45) is 0 Å². The highest BCUT2D eigenvalue weighted by molar-refractivity contribution is 7.99. The van der Waals surface area contributed by atoms with Crippen LogP contribution in [-0.2, 0) is 11.3 Å². The highest BCUT2D eigenvalue weighted by Crippen LogP contribution is 2.32. The molecule has 1 amide bonds. The number of nitrogens with one attached hydrogen (secondary N) is 1. The number of carbonyl (C=O) groups excluding carboxylic acids is 1. The van der Waals surface area contributed by atoms with E-state index in [-0.39, 0.29) is 16.8 Å². The topological polar surface area (TPSA) is 81.9 Å². The van der Waals surface area contributed by atoms with Crippen molar-refractivity contribution >= 4 is 58.2 Å². The molecule has 0 saturated carbocycles. The molecule has 1 unspecified atom stereocenters. The van der Waals surface area contributed by atoms with E-state index in [1.54, 1.807) is 42.6 Å². The van der Waals surface area contributed by atoms with Gasteiger partial charge in [0.15, 0.2) is 22.2 Å². The monoisotopic (exact) mass is 497 g/mol. The molecule has 2 aromatic heterocycles. The Labute approximate surface area is 198 Å². The summed E-state index contributed by atoms with van der Waals surface area (Å²) in [5, 5.41) is 12.9. The summed E-state index contributed by atoms with van der Waals surface area (Å²) in [6, 6.07) is 8.35. The zero-order valence-electron chi connectivity index (χ0n) is 16.4. The van der Waals surface area contributed by atoms with Gasteiger partial charge in [-0.15, -0.1) is 16.8 Å². The minimum atomic E-state index is -0.471. The maximum absolute atomic E-state index is 12.3. The second-order valence-corrected chi connectivity index (χ2v) is 8.40. The molecule has 0 bridgehead atoms. The lowest BCUT2D eigenvalue weighted by Crippen LogP contribution is -2.16. The lowest BCUT2D eigenvalue weighted by Gasteiger charge is -2.16. The molecule has 1 N–H and O–H groups in total. The normalized spacial score (nSPS) is 11.7. The van der Waals surface area contributed by atoms with Crippen LogP contribution in [0, 0.1) is 0 Å². The van der Waals surface area contributed by atoms with Gasteiger partial charge in [0, 0.05) is 23.8 Å². The molecule has 11 heteroatoms. The number of thioether (sulfide) groups is 1. The molecule has 0 radical (unpaired) electrons. The van der Waals surface area contributed by atoms with Gasteiger partial charge in [-0.1, -0.05) is 52.6 Å². The number of anilines is 1. The first kappa shape index (κ1) is 23.4. The van der Waals surface area contributed by atoms with Gasteiger partial charge in [0.2, 0.25) is 5.91 Å². The Bertz CT molecular complexity index is 1090. The third-order valence-electron chi connectivity index (χ3n) is 3.98. The molecule has 0 fully saturated rings. The summed E-state index contributed by atoms with van der Waals surface area (Å²) in [7, 11) is 0. The Kier molecular flexibility index (Phi) is 8.20. The zero-order chi connectivity index (χ0) is 22.4. The van der Waals surface area contributed by atoms with E-state index in [0.29, 0.717) is 39.0 Å². The number of ether oxygens (including phenoxy) is 1. The highest BCUT2D eigenvalue weighted by Gasteiger charge is 2.21. The maximum Gasteiger partial charge on any atom is 0.234 e. The number of allylic oxidation sites excluding steroid dienone is 1. The fourth-order valence-corrected chi connectivity index (χ4v) is 3.86. The predicted octanol–water partition coefficient (Wildman–Crippen LogP) is 5.69. The van der Waals surface area contributed by atoms with E-state index in [2.05, 4.69) is 27.1 Å². The second kappa shape index (κ2) is 10.9. The molecule has 0 aliphatic carbocycles. The summed E-state index contributed by atoms with van der Waals surface area (Å²) in [4.78, 5) is 16.2. The number of nitrogens with zero attached hydrogens (tertiary/aromatic N) is 4. The molecule has 1 aromatic carbocycles. The van der Waals surface area contributed by atoms with Crippen molar-refractivity contribution in [1.29, 1.82) is 0 Å². The standard InChI is InChI=1S/C20H18Cl3N5O2S/c1-3-9-28-19(12(2)30-16-10-13(21)6-7-14(16)22)26-27-20(28)31-11-17(29)25-15-5-4-8-24-18(15)23/h3-8,10,12H,1,9,11H2,2H3,(H,25,29). The van der Waals surface area contributed by atoms with Gasteiger partial charge in [0.1, 0.15) is 5.75 Å². The summed E-state index contributed by atoms with van der Waals surface area (Å²) in [5.41, 5.74) is 0.448. The summed E-state index contributed by atoms with van der Waals surface area (Å²) in [6.45, 7) is 6.05. The van der Waals surface area contributed by atoms with Crippen LogP contribution >= 0.6 is 46.6 Å². The number of carbonyl (C=O) groups is 1. The molecule has 0 aliphatic heterocycles. The van der Waals surface area contributed by atoms with Gasteiger partial charge in [-0.2, -0.15) is 0 Å². The predicted molar refractivity (Wildman–Crippen MR) is 124 cm³/mol. The van der Waals surface area contributed by atoms with Crippen LogP contribution in [0.1, 0.15) is 18.9 Å². The Morgan fingerprint density at radius 1 is 1.32 bits per heavy atom. The van der Waals surface area contributed by atoms with E-state index in [1.807, 2.05) is 11.5 Å². The molecule has 1 atom stereocenters. The first-order chi connectivity index (χ1) is 14.9. The fraction of sp³-hybridized carbons (Fsp3) is 0.200. The first-order valence-corrected chi connectivity index (χ1v) is 11.2. The van der Waals surface area contributed by atoms with Crippen molar-refractivity contribution in [3.05, 3.63) is 70.2 Å². The van der Waals surface area contributed by atoms with E-state index < -0.39 is 6.10 Å². The second-order valence-electron chi connectivity index (χ2n) is 6.25. The fourth-order valence-electron chi connectivity index (χ4n) is 2.61. The van der Waals surface area contributed by atoms with Crippen LogP contribution in [-0.4, -0.2) is 31.4 Å². The maximum atomic E-state index is 12.3. The molecule has 3 aromatic rings. The SMILES string of the molecule is C=CCn1c(SCC(=O)Nc2cccnc2Cl)nnc1C(C)Oc1cc(Cl)ccc1Cl. The number of hydrogen-bond donors (Lipinski definition) is 1. The van der Waals surface area contributed by atoms with Gasteiger partial charge in [0.25, 0.3) is 0 Å². The molecule has 31 heavy (non-hydrogen) atoms. The zero-order valence-corrected chi connectivity index (χ0v) is 19.5. The third kappa shape index (κ3) is 6.13. The first-order valence-electron chi connectivity index (χ1n) is 9.08.